The molecule has 2 aromatic heterocycles. The number of rotatable bonds is 4. The van der Waals surface area contributed by atoms with Crippen LogP contribution in [0.25, 0.3) is 93.9 Å². The summed E-state index contributed by atoms with van der Waals surface area (Å²) in [4.78, 5) is 0. The van der Waals surface area contributed by atoms with Gasteiger partial charge in [0.2, 0.25) is 0 Å². The van der Waals surface area contributed by atoms with E-state index in [2.05, 4.69) is 180 Å². The molecular formula is C54H32BNO3. The fraction of sp³-hybridized carbons (Fsp3) is 0. The van der Waals surface area contributed by atoms with Crippen molar-refractivity contribution in [2.75, 3.05) is 0 Å². The zero-order valence-electron chi connectivity index (χ0n) is 31.7. The van der Waals surface area contributed by atoms with Crippen molar-refractivity contribution in [1.82, 2.24) is 4.57 Å². The highest BCUT2D eigenvalue weighted by molar-refractivity contribution is 6.84. The van der Waals surface area contributed by atoms with E-state index in [9.17, 15) is 0 Å². The summed E-state index contributed by atoms with van der Waals surface area (Å²) in [6.07, 6.45) is 0. The molecule has 4 nitrogen and oxygen atoms in total. The van der Waals surface area contributed by atoms with Gasteiger partial charge in [-0.15, -0.1) is 0 Å². The number of para-hydroxylation sites is 4. The molecule has 4 heterocycles. The van der Waals surface area contributed by atoms with Gasteiger partial charge in [-0.2, -0.15) is 0 Å². The van der Waals surface area contributed by atoms with Crippen LogP contribution in [0.4, 0.5) is 0 Å². The zero-order valence-corrected chi connectivity index (χ0v) is 31.7. The van der Waals surface area contributed by atoms with Crippen molar-refractivity contribution in [3.63, 3.8) is 0 Å². The van der Waals surface area contributed by atoms with Gasteiger partial charge < -0.3 is 18.4 Å². The standard InChI is InChI=1S/C54H32BNO3/c1-5-19-47-40(15-1)41-16-2-6-20-48(41)56(47)39-14-10-13-35(28-39)37-24-26-46-52(31-37)58-53-32-38(29-45-43-18-4-8-22-50(43)59-55(46)54(45)53)34-12-9-11-33(27-34)36-23-25-44-42-17-3-7-21-49(42)57-51(44)30-36/h1-32H. The third kappa shape index (κ3) is 4.92. The van der Waals surface area contributed by atoms with Gasteiger partial charge in [-0.1, -0.05) is 121 Å². The van der Waals surface area contributed by atoms with Crippen LogP contribution < -0.4 is 20.3 Å². The summed E-state index contributed by atoms with van der Waals surface area (Å²) in [6, 6.07) is 68.9. The van der Waals surface area contributed by atoms with Gasteiger partial charge in [0.25, 0.3) is 0 Å². The number of furan rings is 1. The maximum absolute atomic E-state index is 6.98. The lowest BCUT2D eigenvalue weighted by Crippen LogP contribution is -2.53. The topological polar surface area (TPSA) is 36.5 Å². The molecule has 0 aliphatic carbocycles. The molecule has 0 atom stereocenters. The molecule has 11 aromatic rings. The second-order valence-electron chi connectivity index (χ2n) is 15.6. The van der Waals surface area contributed by atoms with Crippen LogP contribution in [0.2, 0.25) is 0 Å². The predicted octanol–water partition coefficient (Wildman–Crippen LogP) is 13.0. The van der Waals surface area contributed by atoms with Gasteiger partial charge >= 0.3 is 6.92 Å². The van der Waals surface area contributed by atoms with Crippen LogP contribution in [0.5, 0.6) is 17.2 Å². The summed E-state index contributed by atoms with van der Waals surface area (Å²) >= 11 is 0. The summed E-state index contributed by atoms with van der Waals surface area (Å²) in [5, 5.41) is 4.76. The summed E-state index contributed by atoms with van der Waals surface area (Å²) in [5.74, 6) is 2.49. The van der Waals surface area contributed by atoms with Crippen molar-refractivity contribution in [3.05, 3.63) is 194 Å². The molecule has 0 saturated carbocycles. The van der Waals surface area contributed by atoms with Gasteiger partial charge in [0.1, 0.15) is 28.4 Å². The molecule has 5 heteroatoms. The van der Waals surface area contributed by atoms with E-state index < -0.39 is 0 Å². The van der Waals surface area contributed by atoms with Crippen molar-refractivity contribution < 1.29 is 13.8 Å². The van der Waals surface area contributed by atoms with E-state index >= 15 is 0 Å². The van der Waals surface area contributed by atoms with E-state index in [-0.39, 0.29) is 6.92 Å². The van der Waals surface area contributed by atoms with Crippen LogP contribution in [0.15, 0.2) is 199 Å². The first-order valence-corrected chi connectivity index (χ1v) is 20.1. The van der Waals surface area contributed by atoms with Crippen molar-refractivity contribution in [2.45, 2.75) is 0 Å². The molecule has 13 rings (SSSR count). The zero-order chi connectivity index (χ0) is 38.6. The van der Waals surface area contributed by atoms with Crippen molar-refractivity contribution in [1.29, 1.82) is 0 Å². The maximum Gasteiger partial charge on any atom is 0.434 e. The largest absolute Gasteiger partial charge is 0.551 e. The molecule has 274 valence electrons. The molecule has 9 aromatic carbocycles. The lowest BCUT2D eigenvalue weighted by Gasteiger charge is -2.33. The molecule has 0 N–H and O–H groups in total. The Hall–Kier alpha value is -7.76. The smallest absolute Gasteiger partial charge is 0.434 e. The van der Waals surface area contributed by atoms with Gasteiger partial charge in [0.05, 0.1) is 11.0 Å². The predicted molar refractivity (Wildman–Crippen MR) is 242 cm³/mol. The lowest BCUT2D eigenvalue weighted by molar-refractivity contribution is 0.480. The highest BCUT2D eigenvalue weighted by atomic mass is 16.5. The molecule has 0 spiro atoms. The van der Waals surface area contributed by atoms with Crippen LogP contribution in [-0.2, 0) is 0 Å². The van der Waals surface area contributed by atoms with Crippen molar-refractivity contribution in [3.8, 4) is 67.4 Å². The third-order valence-electron chi connectivity index (χ3n) is 12.3. The quantitative estimate of drug-likeness (QED) is 0.168. The third-order valence-corrected chi connectivity index (χ3v) is 12.3. The van der Waals surface area contributed by atoms with E-state index in [1.165, 1.54) is 21.8 Å². The Morgan fingerprint density at radius 1 is 0.373 bits per heavy atom. The summed E-state index contributed by atoms with van der Waals surface area (Å²) in [7, 11) is 0. The second-order valence-corrected chi connectivity index (χ2v) is 15.6. The van der Waals surface area contributed by atoms with Gasteiger partial charge in [-0.05, 0) is 112 Å². The van der Waals surface area contributed by atoms with Crippen LogP contribution in [0, 0.1) is 0 Å². The Morgan fingerprint density at radius 3 is 1.85 bits per heavy atom. The van der Waals surface area contributed by atoms with Crippen LogP contribution in [0.3, 0.4) is 0 Å². The SMILES string of the molecule is c1cc(-c2cc3c4c(c2)-c2ccccc2OB4c2ccc(-c4cccc(-n5c6ccccc6c6ccccc65)c4)cc2O3)cc(-c2ccc3c(c2)oc2ccccc23)c1. The Labute approximate surface area is 340 Å². The molecular weight excluding hydrogens is 721 g/mol. The van der Waals surface area contributed by atoms with E-state index in [0.29, 0.717) is 0 Å². The highest BCUT2D eigenvalue weighted by Gasteiger charge is 2.41. The molecule has 2 aliphatic heterocycles. The second kappa shape index (κ2) is 12.4. The Balaban J connectivity index is 0.912. The van der Waals surface area contributed by atoms with Gasteiger partial charge in [0, 0.05) is 43.7 Å². The van der Waals surface area contributed by atoms with E-state index in [0.717, 1.165) is 100 Å². The minimum absolute atomic E-state index is 0.299. The first-order chi connectivity index (χ1) is 29.2. The monoisotopic (exact) mass is 753 g/mol. The molecule has 0 radical (unpaired) electrons. The molecule has 0 saturated heterocycles. The molecule has 0 amide bonds. The number of hydrogen-bond acceptors (Lipinski definition) is 3. The first kappa shape index (κ1) is 32.3. The summed E-state index contributed by atoms with van der Waals surface area (Å²) in [6.45, 7) is -0.299. The van der Waals surface area contributed by atoms with Gasteiger partial charge in [-0.25, -0.2) is 0 Å². The maximum atomic E-state index is 6.98. The number of fused-ring (bicyclic) bond motifs is 10. The van der Waals surface area contributed by atoms with Crippen molar-refractivity contribution >= 4 is 61.6 Å². The molecule has 2 aliphatic rings. The first-order valence-electron chi connectivity index (χ1n) is 20.1. The molecule has 0 fully saturated rings. The highest BCUT2D eigenvalue weighted by Crippen LogP contribution is 2.43. The summed E-state index contributed by atoms with van der Waals surface area (Å²) < 4.78 is 22.4. The van der Waals surface area contributed by atoms with Crippen LogP contribution >= 0.6 is 0 Å². The van der Waals surface area contributed by atoms with Gasteiger partial charge in [0.15, 0.2) is 0 Å². The normalized spacial score (nSPS) is 12.6. The lowest BCUT2D eigenvalue weighted by atomic mass is 9.50. The minimum atomic E-state index is -0.299. The number of hydrogen-bond donors (Lipinski definition) is 0. The van der Waals surface area contributed by atoms with Crippen LogP contribution in [0.1, 0.15) is 0 Å². The Morgan fingerprint density at radius 2 is 1.00 bits per heavy atom. The number of benzene rings is 9. The molecule has 0 unspecified atom stereocenters. The van der Waals surface area contributed by atoms with Gasteiger partial charge in [-0.3, -0.25) is 0 Å². The fourth-order valence-electron chi connectivity index (χ4n) is 9.51. The minimum Gasteiger partial charge on any atom is -0.551 e. The average Bonchev–Trinajstić information content (AvgIpc) is 3.84. The van der Waals surface area contributed by atoms with Crippen molar-refractivity contribution in [2.24, 2.45) is 0 Å². The molecule has 0 bridgehead atoms. The van der Waals surface area contributed by atoms with E-state index in [1.807, 2.05) is 18.2 Å². The molecule has 59 heavy (non-hydrogen) atoms. The number of nitrogens with zero attached hydrogens (tertiary/aromatic N) is 1. The van der Waals surface area contributed by atoms with E-state index in [1.54, 1.807) is 0 Å². The average molecular weight is 754 g/mol. The Kier molecular flexibility index (Phi) is 6.78. The Bertz CT molecular complexity index is 3490. The van der Waals surface area contributed by atoms with E-state index in [4.69, 9.17) is 13.8 Å². The number of ether oxygens (including phenoxy) is 1. The summed E-state index contributed by atoms with van der Waals surface area (Å²) in [5.41, 5.74) is 16.2. The number of aromatic nitrogens is 1. The van der Waals surface area contributed by atoms with Crippen LogP contribution in [-0.4, -0.2) is 11.5 Å². The fourth-order valence-corrected chi connectivity index (χ4v) is 9.51.